The lowest BCUT2D eigenvalue weighted by Gasteiger charge is -2.71. The van der Waals surface area contributed by atoms with E-state index in [1.807, 2.05) is 49.4 Å². The molecule has 0 saturated heterocycles. The molecule has 8 unspecified atom stereocenters. The second-order valence-electron chi connectivity index (χ2n) is 15.9. The molecule has 1 amide bonds. The Kier molecular flexibility index (Phi) is 7.18. The molecule has 2 spiro atoms. The zero-order chi connectivity index (χ0) is 33.5. The van der Waals surface area contributed by atoms with Gasteiger partial charge < -0.3 is 24.3 Å². The van der Waals surface area contributed by atoms with Crippen LogP contribution in [-0.2, 0) is 0 Å². The van der Waals surface area contributed by atoms with Gasteiger partial charge in [0.05, 0.1) is 24.5 Å². The van der Waals surface area contributed by atoms with Gasteiger partial charge >= 0.3 is 6.09 Å². The van der Waals surface area contributed by atoms with Crippen molar-refractivity contribution in [3.05, 3.63) is 90.4 Å². The third-order valence-electron chi connectivity index (χ3n) is 13.8. The monoisotopic (exact) mass is 649 g/mol. The van der Waals surface area contributed by atoms with Crippen LogP contribution in [0.2, 0.25) is 0 Å². The second-order valence-corrected chi connectivity index (χ2v) is 15.9. The molecule has 252 valence electrons. The number of ether oxygens (including phenoxy) is 1. The van der Waals surface area contributed by atoms with E-state index < -0.39 is 34.0 Å². The number of furan rings is 1. The summed E-state index contributed by atoms with van der Waals surface area (Å²) in [6.07, 6.45) is 13.4. The van der Waals surface area contributed by atoms with Crippen LogP contribution in [0.4, 0.5) is 4.79 Å². The maximum atomic E-state index is 14.4. The van der Waals surface area contributed by atoms with E-state index in [2.05, 4.69) is 32.1 Å². The number of amides is 1. The number of benzene rings is 2. The number of Topliss-reactive ketones (excluding diaryl/α,β-unsaturated/α-hetero) is 1. The Morgan fingerprint density at radius 2 is 1.69 bits per heavy atom. The Morgan fingerprint density at radius 3 is 2.46 bits per heavy atom. The predicted octanol–water partition coefficient (Wildman–Crippen LogP) is 8.12. The van der Waals surface area contributed by atoms with Crippen molar-refractivity contribution in [1.29, 1.82) is 0 Å². The Hall–Kier alpha value is -3.68. The first kappa shape index (κ1) is 31.6. The van der Waals surface area contributed by atoms with E-state index in [1.165, 1.54) is 0 Å². The van der Waals surface area contributed by atoms with Crippen LogP contribution in [0.25, 0.3) is 10.8 Å². The van der Waals surface area contributed by atoms with Crippen molar-refractivity contribution in [2.24, 2.45) is 33.5 Å². The van der Waals surface area contributed by atoms with Crippen molar-refractivity contribution < 1.29 is 29.0 Å². The number of ketones is 1. The van der Waals surface area contributed by atoms with Crippen LogP contribution in [0.3, 0.4) is 0 Å². The Labute approximate surface area is 282 Å². The number of fused-ring (bicyclic) bond motifs is 2. The van der Waals surface area contributed by atoms with Crippen LogP contribution in [0.5, 0.6) is 5.75 Å². The van der Waals surface area contributed by atoms with E-state index in [1.54, 1.807) is 23.3 Å². The topological polar surface area (TPSA) is 100 Å². The van der Waals surface area contributed by atoms with Crippen molar-refractivity contribution in [1.82, 2.24) is 4.90 Å². The number of hydrogen-bond donors (Lipinski definition) is 2. The Morgan fingerprint density at radius 1 is 0.938 bits per heavy atom. The van der Waals surface area contributed by atoms with Gasteiger partial charge in [-0.1, -0.05) is 69.3 Å². The Balaban J connectivity index is 1.14. The van der Waals surface area contributed by atoms with Gasteiger partial charge in [-0.3, -0.25) is 4.79 Å². The number of aliphatic hydroxyl groups is 2. The molecule has 0 aliphatic heterocycles. The summed E-state index contributed by atoms with van der Waals surface area (Å²) in [5.41, 5.74) is -2.07. The fourth-order valence-corrected chi connectivity index (χ4v) is 11.4. The average Bonchev–Trinajstić information content (AvgIpc) is 3.71. The summed E-state index contributed by atoms with van der Waals surface area (Å²) >= 11 is 0. The summed E-state index contributed by atoms with van der Waals surface area (Å²) < 4.78 is 11.6. The first-order valence-corrected chi connectivity index (χ1v) is 17.9. The van der Waals surface area contributed by atoms with E-state index in [9.17, 15) is 19.8 Å². The molecule has 3 aromatic rings. The van der Waals surface area contributed by atoms with Gasteiger partial charge in [0, 0.05) is 28.4 Å². The molecule has 7 heteroatoms. The molecule has 9 rings (SSSR count). The van der Waals surface area contributed by atoms with Gasteiger partial charge in [0.1, 0.15) is 5.75 Å². The molecule has 6 aliphatic rings. The van der Waals surface area contributed by atoms with E-state index in [0.29, 0.717) is 30.9 Å². The molecule has 1 heterocycles. The lowest BCUT2D eigenvalue weighted by atomic mass is 9.32. The van der Waals surface area contributed by atoms with E-state index >= 15 is 0 Å². The number of hydrogen-bond acceptors (Lipinski definition) is 6. The second kappa shape index (κ2) is 10.9. The third kappa shape index (κ3) is 4.25. The van der Waals surface area contributed by atoms with E-state index in [0.717, 1.165) is 54.9 Å². The van der Waals surface area contributed by atoms with Gasteiger partial charge in [-0.15, -0.1) is 0 Å². The van der Waals surface area contributed by atoms with Crippen molar-refractivity contribution in [2.75, 3.05) is 13.1 Å². The lowest BCUT2D eigenvalue weighted by Crippen LogP contribution is -2.67. The first-order chi connectivity index (χ1) is 23.0. The zero-order valence-electron chi connectivity index (χ0n) is 28.3. The summed E-state index contributed by atoms with van der Waals surface area (Å²) in [5.74, 6) is 0.887. The van der Waals surface area contributed by atoms with Crippen LogP contribution < -0.4 is 4.74 Å². The fraction of sp³-hybridized carbons (Fsp3) is 0.512. The largest absolute Gasteiger partial charge is 0.461 e. The summed E-state index contributed by atoms with van der Waals surface area (Å²) in [7, 11) is 0. The average molecular weight is 650 g/mol. The van der Waals surface area contributed by atoms with Crippen molar-refractivity contribution in [3.8, 4) is 5.75 Å². The molecule has 2 bridgehead atoms. The van der Waals surface area contributed by atoms with Crippen LogP contribution in [0.1, 0.15) is 82.7 Å². The van der Waals surface area contributed by atoms with Gasteiger partial charge in [-0.25, -0.2) is 4.79 Å². The van der Waals surface area contributed by atoms with Crippen LogP contribution in [0.15, 0.2) is 89.1 Å². The van der Waals surface area contributed by atoms with E-state index in [-0.39, 0.29) is 29.6 Å². The third-order valence-corrected chi connectivity index (χ3v) is 13.8. The Bertz CT molecular complexity index is 1830. The van der Waals surface area contributed by atoms with Gasteiger partial charge in [-0.05, 0) is 104 Å². The van der Waals surface area contributed by atoms with Gasteiger partial charge in [0.25, 0.3) is 0 Å². The molecule has 6 aliphatic carbocycles. The van der Waals surface area contributed by atoms with Crippen molar-refractivity contribution in [3.63, 3.8) is 0 Å². The van der Waals surface area contributed by atoms with Gasteiger partial charge in [-0.2, -0.15) is 0 Å². The number of rotatable bonds is 7. The lowest BCUT2D eigenvalue weighted by molar-refractivity contribution is -0.175. The highest BCUT2D eigenvalue weighted by molar-refractivity contribution is 6.08. The molecule has 3 saturated carbocycles. The summed E-state index contributed by atoms with van der Waals surface area (Å²) in [5, 5.41) is 25.8. The van der Waals surface area contributed by atoms with Crippen LogP contribution in [0, 0.1) is 33.5 Å². The van der Waals surface area contributed by atoms with Gasteiger partial charge in [0.15, 0.2) is 5.76 Å². The zero-order valence-corrected chi connectivity index (χ0v) is 28.3. The molecule has 3 fully saturated rings. The van der Waals surface area contributed by atoms with Crippen LogP contribution in [-0.4, -0.2) is 51.8 Å². The van der Waals surface area contributed by atoms with Crippen molar-refractivity contribution >= 4 is 22.6 Å². The molecule has 8 atom stereocenters. The SMILES string of the molecule is CCCN(CC1(O)CCC2C34C=CC5(C=C3C(=O)c3ccco3)CC(O)CCC5(C)C4CCC21C)C(=O)Oc1ccc2ccccc2c1. The maximum Gasteiger partial charge on any atom is 0.415 e. The minimum atomic E-state index is -1.17. The van der Waals surface area contributed by atoms with Gasteiger partial charge in [0.2, 0.25) is 5.78 Å². The number of nitrogens with zero attached hydrogens (tertiary/aromatic N) is 1. The molecule has 2 N–H and O–H groups in total. The predicted molar refractivity (Wildman–Crippen MR) is 183 cm³/mol. The molecular weight excluding hydrogens is 602 g/mol. The standard InChI is InChI=1S/C41H47NO6/c1-4-21-42(36(45)48-30-12-11-27-8-5-6-9-28(27)23-30)26-40(46)18-15-34-38(40,3)17-14-33-37(2)16-13-29(43)24-39(37)19-20-41(33,34)31(25-39)35(44)32-10-7-22-47-32/h5-12,19-20,22-23,25,29,33-34,43,46H,4,13-18,21,24,26H2,1-3H3. The highest BCUT2D eigenvalue weighted by Gasteiger charge is 2.74. The van der Waals surface area contributed by atoms with E-state index in [4.69, 9.17) is 9.15 Å². The highest BCUT2D eigenvalue weighted by atomic mass is 16.6. The number of carbonyl (C=O) groups excluding carboxylic acids is 2. The number of carbonyl (C=O) groups is 2. The summed E-state index contributed by atoms with van der Waals surface area (Å²) in [6.45, 7) is 7.24. The smallest absolute Gasteiger partial charge is 0.415 e. The van der Waals surface area contributed by atoms with Crippen molar-refractivity contribution in [2.45, 2.75) is 83.8 Å². The number of allylic oxidation sites excluding steroid dienone is 4. The molecule has 2 aromatic carbocycles. The molecule has 48 heavy (non-hydrogen) atoms. The fourth-order valence-electron chi connectivity index (χ4n) is 11.4. The highest BCUT2D eigenvalue weighted by Crippen LogP contribution is 2.78. The quantitative estimate of drug-likeness (QED) is 0.198. The minimum absolute atomic E-state index is 0.0166. The molecule has 7 nitrogen and oxygen atoms in total. The molecule has 1 aromatic heterocycles. The molecular formula is C41H47NO6. The van der Waals surface area contributed by atoms with Crippen LogP contribution >= 0.6 is 0 Å². The first-order valence-electron chi connectivity index (χ1n) is 17.9. The normalized spacial score (nSPS) is 37.8. The summed E-state index contributed by atoms with van der Waals surface area (Å²) in [4.78, 5) is 29.9. The minimum Gasteiger partial charge on any atom is -0.461 e. The number of aliphatic hydroxyl groups excluding tert-OH is 1. The maximum absolute atomic E-state index is 14.4. The summed E-state index contributed by atoms with van der Waals surface area (Å²) in [6, 6.07) is 17.1. The molecule has 0 radical (unpaired) electrons.